The zero-order valence-corrected chi connectivity index (χ0v) is 11.3. The summed E-state index contributed by atoms with van der Waals surface area (Å²) in [6, 6.07) is 12.3. The fourth-order valence-corrected chi connectivity index (χ4v) is 2.70. The maximum atomic E-state index is 12.7. The zero-order chi connectivity index (χ0) is 14.4. The smallest absolute Gasteiger partial charge is 0.196 e. The fourth-order valence-electron chi connectivity index (χ4n) is 2.70. The van der Waals surface area contributed by atoms with Crippen LogP contribution in [0.4, 0.5) is 5.69 Å². The molecular formula is C17H13NO3. The molecule has 2 aliphatic rings. The van der Waals surface area contributed by atoms with Gasteiger partial charge in [0, 0.05) is 28.9 Å². The van der Waals surface area contributed by atoms with Crippen molar-refractivity contribution < 1.29 is 14.3 Å². The molecule has 1 fully saturated rings. The van der Waals surface area contributed by atoms with Crippen molar-refractivity contribution in [2.24, 2.45) is 0 Å². The van der Waals surface area contributed by atoms with Crippen LogP contribution in [0.1, 0.15) is 31.8 Å². The number of nitrogens with one attached hydrogen (secondary N) is 1. The van der Waals surface area contributed by atoms with Gasteiger partial charge in [-0.2, -0.15) is 0 Å². The molecule has 1 saturated heterocycles. The Kier molecular flexibility index (Phi) is 2.65. The molecule has 0 amide bonds. The van der Waals surface area contributed by atoms with Crippen LogP contribution >= 0.6 is 0 Å². The maximum Gasteiger partial charge on any atom is 0.196 e. The highest BCUT2D eigenvalue weighted by Gasteiger charge is 2.31. The first-order chi connectivity index (χ1) is 10.3. The van der Waals surface area contributed by atoms with Gasteiger partial charge in [0.2, 0.25) is 0 Å². The zero-order valence-electron chi connectivity index (χ0n) is 11.3. The normalized spacial score (nSPS) is 19.0. The number of hydrogen-bond acceptors (Lipinski definition) is 4. The minimum absolute atomic E-state index is 0.0912. The molecule has 0 saturated carbocycles. The molecule has 1 N–H and O–H groups in total. The molecule has 21 heavy (non-hydrogen) atoms. The van der Waals surface area contributed by atoms with Gasteiger partial charge in [-0.1, -0.05) is 36.4 Å². The van der Waals surface area contributed by atoms with Crippen LogP contribution in [0, 0.1) is 0 Å². The Morgan fingerprint density at radius 3 is 2.33 bits per heavy atom. The number of rotatable bonds is 3. The minimum atomic E-state index is -0.0972. The topological polar surface area (TPSA) is 58.7 Å². The van der Waals surface area contributed by atoms with Crippen molar-refractivity contribution in [2.75, 3.05) is 18.5 Å². The van der Waals surface area contributed by atoms with Gasteiger partial charge in [-0.05, 0) is 6.07 Å². The van der Waals surface area contributed by atoms with Crippen molar-refractivity contribution >= 4 is 17.3 Å². The van der Waals surface area contributed by atoms with Crippen molar-refractivity contribution in [3.05, 3.63) is 64.7 Å². The number of epoxide rings is 1. The lowest BCUT2D eigenvalue weighted by molar-refractivity contribution is 0.0979. The Morgan fingerprint density at radius 2 is 1.62 bits per heavy atom. The van der Waals surface area contributed by atoms with E-state index in [0.29, 0.717) is 34.5 Å². The van der Waals surface area contributed by atoms with Crippen LogP contribution < -0.4 is 5.32 Å². The molecule has 0 bridgehead atoms. The summed E-state index contributed by atoms with van der Waals surface area (Å²) in [6.07, 6.45) is 0.211. The van der Waals surface area contributed by atoms with Crippen LogP contribution in [0.15, 0.2) is 42.5 Å². The van der Waals surface area contributed by atoms with Gasteiger partial charge in [-0.15, -0.1) is 0 Å². The fraction of sp³-hybridized carbons (Fsp3) is 0.176. The molecule has 0 aromatic heterocycles. The summed E-state index contributed by atoms with van der Waals surface area (Å²) in [7, 11) is 0. The van der Waals surface area contributed by atoms with Crippen molar-refractivity contribution in [3.8, 4) is 0 Å². The average Bonchev–Trinajstić information content (AvgIpc) is 3.34. The summed E-state index contributed by atoms with van der Waals surface area (Å²) >= 11 is 0. The highest BCUT2D eigenvalue weighted by molar-refractivity contribution is 6.30. The largest absolute Gasteiger partial charge is 0.382 e. The molecule has 1 unspecified atom stereocenters. The van der Waals surface area contributed by atoms with E-state index >= 15 is 0 Å². The van der Waals surface area contributed by atoms with E-state index in [1.807, 2.05) is 6.07 Å². The van der Waals surface area contributed by atoms with E-state index < -0.39 is 0 Å². The third-order valence-electron chi connectivity index (χ3n) is 3.88. The van der Waals surface area contributed by atoms with Crippen LogP contribution in [0.3, 0.4) is 0 Å². The molecule has 1 heterocycles. The van der Waals surface area contributed by atoms with Gasteiger partial charge in [0.15, 0.2) is 11.6 Å². The highest BCUT2D eigenvalue weighted by Crippen LogP contribution is 2.32. The number of ether oxygens (including phenoxy) is 1. The molecule has 1 atom stereocenters. The van der Waals surface area contributed by atoms with Gasteiger partial charge in [0.1, 0.15) is 0 Å². The summed E-state index contributed by atoms with van der Waals surface area (Å²) < 4.78 is 5.16. The van der Waals surface area contributed by atoms with Crippen molar-refractivity contribution in [3.63, 3.8) is 0 Å². The maximum absolute atomic E-state index is 12.7. The third-order valence-corrected chi connectivity index (χ3v) is 3.88. The van der Waals surface area contributed by atoms with Gasteiger partial charge >= 0.3 is 0 Å². The lowest BCUT2D eigenvalue weighted by Crippen LogP contribution is -2.23. The first-order valence-electron chi connectivity index (χ1n) is 6.92. The first kappa shape index (κ1) is 12.3. The van der Waals surface area contributed by atoms with Crippen molar-refractivity contribution in [1.29, 1.82) is 0 Å². The highest BCUT2D eigenvalue weighted by atomic mass is 16.6. The van der Waals surface area contributed by atoms with Gasteiger partial charge in [-0.25, -0.2) is 0 Å². The SMILES string of the molecule is O=C1c2ccccc2C(=O)c2c(NCC3CO3)cccc21. The molecule has 4 heteroatoms. The Hall–Kier alpha value is -2.46. The van der Waals surface area contributed by atoms with Crippen LogP contribution in [-0.2, 0) is 4.74 Å². The summed E-state index contributed by atoms with van der Waals surface area (Å²) in [4.78, 5) is 25.3. The van der Waals surface area contributed by atoms with Gasteiger partial charge < -0.3 is 10.1 Å². The Labute approximate surface area is 121 Å². The number of fused-ring (bicyclic) bond motifs is 2. The number of ketones is 2. The first-order valence-corrected chi connectivity index (χ1v) is 6.92. The number of carbonyl (C=O) groups is 2. The third kappa shape index (κ3) is 1.96. The summed E-state index contributed by atoms with van der Waals surface area (Å²) in [6.45, 7) is 1.40. The lowest BCUT2D eigenvalue weighted by atomic mass is 9.83. The molecule has 1 aliphatic carbocycles. The second kappa shape index (κ2) is 4.53. The van der Waals surface area contributed by atoms with Crippen molar-refractivity contribution in [2.45, 2.75) is 6.10 Å². The number of hydrogen-bond donors (Lipinski definition) is 1. The van der Waals surface area contributed by atoms with Gasteiger partial charge in [0.05, 0.1) is 18.3 Å². The lowest BCUT2D eigenvalue weighted by Gasteiger charge is -2.20. The van der Waals surface area contributed by atoms with Gasteiger partial charge in [-0.3, -0.25) is 9.59 Å². The van der Waals surface area contributed by atoms with Crippen LogP contribution in [-0.4, -0.2) is 30.8 Å². The quantitative estimate of drug-likeness (QED) is 0.747. The molecule has 2 aromatic rings. The van der Waals surface area contributed by atoms with E-state index in [-0.39, 0.29) is 17.7 Å². The van der Waals surface area contributed by atoms with E-state index in [0.717, 1.165) is 6.61 Å². The summed E-state index contributed by atoms with van der Waals surface area (Å²) in [5.74, 6) is -0.188. The number of carbonyl (C=O) groups excluding carboxylic acids is 2. The predicted molar refractivity (Wildman–Crippen MR) is 78.0 cm³/mol. The summed E-state index contributed by atoms with van der Waals surface area (Å²) in [5.41, 5.74) is 2.61. The van der Waals surface area contributed by atoms with Crippen molar-refractivity contribution in [1.82, 2.24) is 0 Å². The molecule has 1 aliphatic heterocycles. The standard InChI is InChI=1S/C17H13NO3/c19-16-11-4-1-2-5-12(11)17(20)15-13(16)6-3-7-14(15)18-8-10-9-21-10/h1-7,10,18H,8-9H2. The van der Waals surface area contributed by atoms with Crippen LogP contribution in [0.25, 0.3) is 0 Å². The molecule has 2 aromatic carbocycles. The van der Waals surface area contributed by atoms with Gasteiger partial charge in [0.25, 0.3) is 0 Å². The van der Waals surface area contributed by atoms with E-state index in [4.69, 9.17) is 4.74 Å². The second-order valence-corrected chi connectivity index (χ2v) is 5.27. The molecule has 104 valence electrons. The van der Waals surface area contributed by atoms with E-state index in [1.54, 1.807) is 36.4 Å². The van der Waals surface area contributed by atoms with E-state index in [2.05, 4.69) is 5.32 Å². The Bertz CT molecular complexity index is 762. The molecule has 0 spiro atoms. The summed E-state index contributed by atoms with van der Waals surface area (Å²) in [5, 5.41) is 3.22. The predicted octanol–water partition coefficient (Wildman–Crippen LogP) is 2.27. The second-order valence-electron chi connectivity index (χ2n) is 5.27. The monoisotopic (exact) mass is 279 g/mol. The van der Waals surface area contributed by atoms with Crippen LogP contribution in [0.2, 0.25) is 0 Å². The number of anilines is 1. The Balaban J connectivity index is 1.81. The van der Waals surface area contributed by atoms with Crippen LogP contribution in [0.5, 0.6) is 0 Å². The molecule has 4 nitrogen and oxygen atoms in total. The van der Waals surface area contributed by atoms with E-state index in [9.17, 15) is 9.59 Å². The Morgan fingerprint density at radius 1 is 0.952 bits per heavy atom. The molecular weight excluding hydrogens is 266 g/mol. The minimum Gasteiger partial charge on any atom is -0.382 e. The molecule has 4 rings (SSSR count). The van der Waals surface area contributed by atoms with E-state index in [1.165, 1.54) is 0 Å². The average molecular weight is 279 g/mol. The molecule has 0 radical (unpaired) electrons. The number of benzene rings is 2.